The van der Waals surface area contributed by atoms with E-state index in [1.807, 2.05) is 0 Å². The van der Waals surface area contributed by atoms with Crippen LogP contribution < -0.4 is 5.32 Å². The van der Waals surface area contributed by atoms with Crippen molar-refractivity contribution in [1.29, 1.82) is 0 Å². The van der Waals surface area contributed by atoms with Crippen molar-refractivity contribution in [1.82, 2.24) is 0 Å². The van der Waals surface area contributed by atoms with E-state index in [-0.39, 0.29) is 5.56 Å². The molecule has 6 heteroatoms. The Hall–Kier alpha value is -1.82. The van der Waals surface area contributed by atoms with E-state index in [0.717, 1.165) is 5.56 Å². The molecule has 0 fully saturated rings. The minimum atomic E-state index is -1.17. The molecular weight excluding hydrogens is 335 g/mol. The fourth-order valence-electron chi connectivity index (χ4n) is 1.66. The molecule has 1 N–H and O–H groups in total. The summed E-state index contributed by atoms with van der Waals surface area (Å²) in [6.45, 7) is 1.78. The van der Waals surface area contributed by atoms with Gasteiger partial charge in [-0.3, -0.25) is 4.79 Å². The quantitative estimate of drug-likeness (QED) is 0.858. The van der Waals surface area contributed by atoms with Gasteiger partial charge in [0.1, 0.15) is 11.5 Å². The van der Waals surface area contributed by atoms with E-state index in [1.54, 1.807) is 25.1 Å². The number of anilines is 1. The Morgan fingerprint density at radius 2 is 1.70 bits per heavy atom. The number of benzene rings is 2. The molecule has 2 rings (SSSR count). The van der Waals surface area contributed by atoms with E-state index >= 15 is 0 Å². The average Bonchev–Trinajstić information content (AvgIpc) is 2.36. The minimum Gasteiger partial charge on any atom is -0.317 e. The summed E-state index contributed by atoms with van der Waals surface area (Å²) in [4.78, 5) is 12.0. The normalized spacial score (nSPS) is 10.4. The Balaban J connectivity index is 2.35. The molecule has 0 aliphatic rings. The highest BCUT2D eigenvalue weighted by atomic mass is 79.9. The number of nitrogens with one attached hydrogen (secondary N) is 1. The highest BCUT2D eigenvalue weighted by Gasteiger charge is 2.17. The molecule has 0 saturated carbocycles. The van der Waals surface area contributed by atoms with E-state index in [1.165, 1.54) is 0 Å². The molecule has 0 unspecified atom stereocenters. The van der Waals surface area contributed by atoms with Crippen molar-refractivity contribution in [3.05, 3.63) is 63.4 Å². The smallest absolute Gasteiger partial charge is 0.256 e. The summed E-state index contributed by atoms with van der Waals surface area (Å²) in [5, 5.41) is 2.10. The average molecular weight is 344 g/mol. The molecule has 1 amide bonds. The standard InChI is InChI=1S/C14H9BrF3NO/c1-7-2-3-10(15)9(4-7)14(20)19-13-11(17)5-8(16)6-12(13)18/h2-6H,1H3,(H,19,20). The second-order valence-corrected chi connectivity index (χ2v) is 5.04. The first-order chi connectivity index (χ1) is 9.38. The summed E-state index contributed by atoms with van der Waals surface area (Å²) in [5.41, 5.74) is 0.372. The molecule has 0 saturated heterocycles. The van der Waals surface area contributed by atoms with Crippen molar-refractivity contribution in [2.45, 2.75) is 6.92 Å². The maximum absolute atomic E-state index is 13.5. The molecule has 0 spiro atoms. The third-order valence-corrected chi connectivity index (χ3v) is 3.30. The van der Waals surface area contributed by atoms with E-state index in [9.17, 15) is 18.0 Å². The van der Waals surface area contributed by atoms with Crippen molar-refractivity contribution in [2.75, 3.05) is 5.32 Å². The number of hydrogen-bond donors (Lipinski definition) is 1. The van der Waals surface area contributed by atoms with Gasteiger partial charge in [-0.05, 0) is 35.0 Å². The molecule has 0 aromatic heterocycles. The summed E-state index contributed by atoms with van der Waals surface area (Å²) in [6.07, 6.45) is 0. The van der Waals surface area contributed by atoms with Crippen LogP contribution >= 0.6 is 15.9 Å². The van der Waals surface area contributed by atoms with Crippen LogP contribution in [0.15, 0.2) is 34.8 Å². The Labute approximate surface area is 121 Å². The first-order valence-electron chi connectivity index (χ1n) is 5.60. The maximum Gasteiger partial charge on any atom is 0.256 e. The lowest BCUT2D eigenvalue weighted by Gasteiger charge is -2.09. The van der Waals surface area contributed by atoms with Crippen LogP contribution in [-0.4, -0.2) is 5.91 Å². The first-order valence-corrected chi connectivity index (χ1v) is 6.40. The summed E-state index contributed by atoms with van der Waals surface area (Å²) in [7, 11) is 0. The number of carbonyl (C=O) groups is 1. The highest BCUT2D eigenvalue weighted by Crippen LogP contribution is 2.23. The van der Waals surface area contributed by atoms with Gasteiger partial charge < -0.3 is 5.32 Å². The predicted molar refractivity (Wildman–Crippen MR) is 73.1 cm³/mol. The Morgan fingerprint density at radius 1 is 1.10 bits per heavy atom. The van der Waals surface area contributed by atoms with Crippen LogP contribution in [0.3, 0.4) is 0 Å². The molecule has 20 heavy (non-hydrogen) atoms. The van der Waals surface area contributed by atoms with Gasteiger partial charge in [0.05, 0.1) is 5.56 Å². The number of amides is 1. The summed E-state index contributed by atoms with van der Waals surface area (Å²) in [5.74, 6) is -4.07. The van der Waals surface area contributed by atoms with Crippen molar-refractivity contribution >= 4 is 27.5 Å². The number of carbonyl (C=O) groups excluding carboxylic acids is 1. The lowest BCUT2D eigenvalue weighted by Crippen LogP contribution is -2.15. The van der Waals surface area contributed by atoms with Gasteiger partial charge >= 0.3 is 0 Å². The van der Waals surface area contributed by atoms with Crippen LogP contribution in [0, 0.1) is 24.4 Å². The number of halogens is 4. The fraction of sp³-hybridized carbons (Fsp3) is 0.0714. The number of hydrogen-bond acceptors (Lipinski definition) is 1. The number of rotatable bonds is 2. The molecule has 2 aromatic carbocycles. The zero-order chi connectivity index (χ0) is 14.9. The first kappa shape index (κ1) is 14.6. The molecule has 2 nitrogen and oxygen atoms in total. The van der Waals surface area contributed by atoms with Gasteiger partial charge in [0.2, 0.25) is 0 Å². The van der Waals surface area contributed by atoms with Crippen molar-refractivity contribution < 1.29 is 18.0 Å². The van der Waals surface area contributed by atoms with Crippen molar-refractivity contribution in [3.63, 3.8) is 0 Å². The maximum atomic E-state index is 13.5. The number of aryl methyl sites for hydroxylation is 1. The third kappa shape index (κ3) is 3.01. The Morgan fingerprint density at radius 3 is 2.30 bits per heavy atom. The topological polar surface area (TPSA) is 29.1 Å². The van der Waals surface area contributed by atoms with Gasteiger partial charge in [0.25, 0.3) is 5.91 Å². The molecule has 104 valence electrons. The predicted octanol–water partition coefficient (Wildman–Crippen LogP) is 4.43. The second kappa shape index (κ2) is 5.66. The summed E-state index contributed by atoms with van der Waals surface area (Å²) >= 11 is 3.18. The van der Waals surface area contributed by atoms with Gasteiger partial charge in [0, 0.05) is 16.6 Å². The second-order valence-electron chi connectivity index (χ2n) is 4.18. The Bertz CT molecular complexity index is 665. The van der Waals surface area contributed by atoms with Crippen LogP contribution in [0.2, 0.25) is 0 Å². The van der Waals surface area contributed by atoms with Gasteiger partial charge in [0.15, 0.2) is 11.6 Å². The lowest BCUT2D eigenvalue weighted by atomic mass is 10.1. The minimum absolute atomic E-state index is 0.230. The monoisotopic (exact) mass is 343 g/mol. The summed E-state index contributed by atoms with van der Waals surface area (Å²) < 4.78 is 40.2. The van der Waals surface area contributed by atoms with E-state index in [4.69, 9.17) is 0 Å². The molecule has 0 aliphatic heterocycles. The van der Waals surface area contributed by atoms with Crippen molar-refractivity contribution in [3.8, 4) is 0 Å². The molecule has 2 aromatic rings. The lowest BCUT2D eigenvalue weighted by molar-refractivity contribution is 0.102. The van der Waals surface area contributed by atoms with Crippen LogP contribution in [0.4, 0.5) is 18.9 Å². The van der Waals surface area contributed by atoms with Crippen LogP contribution in [0.1, 0.15) is 15.9 Å². The van der Waals surface area contributed by atoms with E-state index < -0.39 is 29.0 Å². The molecule has 0 radical (unpaired) electrons. The zero-order valence-electron chi connectivity index (χ0n) is 10.3. The van der Waals surface area contributed by atoms with Gasteiger partial charge in [-0.15, -0.1) is 0 Å². The molecule has 0 heterocycles. The molecule has 0 bridgehead atoms. The molecular formula is C14H9BrF3NO. The van der Waals surface area contributed by atoms with E-state index in [2.05, 4.69) is 21.2 Å². The fourth-order valence-corrected chi connectivity index (χ4v) is 2.08. The SMILES string of the molecule is Cc1ccc(Br)c(C(=O)Nc2c(F)cc(F)cc2F)c1. The van der Waals surface area contributed by atoms with Gasteiger partial charge in [-0.1, -0.05) is 11.6 Å². The van der Waals surface area contributed by atoms with Gasteiger partial charge in [-0.25, -0.2) is 13.2 Å². The van der Waals surface area contributed by atoms with Crippen LogP contribution in [0.25, 0.3) is 0 Å². The van der Waals surface area contributed by atoms with Crippen LogP contribution in [0.5, 0.6) is 0 Å². The van der Waals surface area contributed by atoms with Gasteiger partial charge in [-0.2, -0.15) is 0 Å². The van der Waals surface area contributed by atoms with E-state index in [0.29, 0.717) is 16.6 Å². The molecule has 0 atom stereocenters. The van der Waals surface area contributed by atoms with Crippen LogP contribution in [-0.2, 0) is 0 Å². The zero-order valence-corrected chi connectivity index (χ0v) is 11.9. The highest BCUT2D eigenvalue weighted by molar-refractivity contribution is 9.10. The summed E-state index contributed by atoms with van der Waals surface area (Å²) in [6, 6.07) is 6.01. The largest absolute Gasteiger partial charge is 0.317 e. The van der Waals surface area contributed by atoms with Crippen molar-refractivity contribution in [2.24, 2.45) is 0 Å². The Kier molecular flexibility index (Phi) is 4.13. The molecule has 0 aliphatic carbocycles. The third-order valence-electron chi connectivity index (χ3n) is 2.61.